The number of piperidine rings is 1. The predicted molar refractivity (Wildman–Crippen MR) is 111 cm³/mol. The molecule has 30 heavy (non-hydrogen) atoms. The number of rotatable bonds is 3. The maximum absolute atomic E-state index is 11.9. The summed E-state index contributed by atoms with van der Waals surface area (Å²) in [5, 5.41) is 13.4. The number of nitrogens with one attached hydrogen (secondary N) is 1. The Morgan fingerprint density at radius 3 is 2.67 bits per heavy atom. The van der Waals surface area contributed by atoms with Gasteiger partial charge in [-0.2, -0.15) is 9.61 Å². The molecule has 5 rings (SSSR count). The molecule has 1 fully saturated rings. The van der Waals surface area contributed by atoms with Gasteiger partial charge in [0, 0.05) is 50.1 Å². The highest BCUT2D eigenvalue weighted by Crippen LogP contribution is 2.28. The number of aromatic nitrogens is 7. The van der Waals surface area contributed by atoms with E-state index in [0.29, 0.717) is 24.6 Å². The van der Waals surface area contributed by atoms with E-state index in [-0.39, 0.29) is 11.5 Å². The number of anilines is 1. The van der Waals surface area contributed by atoms with Gasteiger partial charge in [0.05, 0.1) is 5.69 Å². The molecule has 0 aromatic carbocycles. The van der Waals surface area contributed by atoms with Crippen molar-refractivity contribution in [2.75, 3.05) is 18.0 Å². The number of fused-ring (bicyclic) bond motifs is 1. The summed E-state index contributed by atoms with van der Waals surface area (Å²) in [7, 11) is 1.46. The number of aromatic amines is 1. The summed E-state index contributed by atoms with van der Waals surface area (Å²) in [4.78, 5) is 32.8. The first kappa shape index (κ1) is 18.2. The maximum Gasteiger partial charge on any atom is 0.329 e. The molecule has 4 aromatic rings. The van der Waals surface area contributed by atoms with Gasteiger partial charge in [0.25, 0.3) is 5.56 Å². The lowest BCUT2D eigenvalue weighted by atomic mass is 9.96. The lowest BCUT2D eigenvalue weighted by Gasteiger charge is -2.32. The van der Waals surface area contributed by atoms with Gasteiger partial charge in [-0.15, -0.1) is 10.2 Å². The summed E-state index contributed by atoms with van der Waals surface area (Å²) < 4.78 is 2.87. The van der Waals surface area contributed by atoms with Crippen LogP contribution in [-0.2, 0) is 7.05 Å². The normalized spacial score (nSPS) is 15.0. The average molecular weight is 404 g/mol. The monoisotopic (exact) mass is 404 g/mol. The zero-order valence-corrected chi connectivity index (χ0v) is 16.4. The van der Waals surface area contributed by atoms with E-state index in [4.69, 9.17) is 5.10 Å². The van der Waals surface area contributed by atoms with E-state index >= 15 is 0 Å². The highest BCUT2D eigenvalue weighted by Gasteiger charge is 2.26. The Balaban J connectivity index is 1.40. The number of nitrogens with zero attached hydrogens (tertiary/aromatic N) is 7. The van der Waals surface area contributed by atoms with Crippen LogP contribution in [-0.4, -0.2) is 47.4 Å². The molecule has 1 aliphatic rings. The van der Waals surface area contributed by atoms with Crippen molar-refractivity contribution in [1.29, 1.82) is 0 Å². The van der Waals surface area contributed by atoms with Crippen molar-refractivity contribution in [2.24, 2.45) is 7.05 Å². The van der Waals surface area contributed by atoms with Crippen molar-refractivity contribution in [1.82, 2.24) is 34.3 Å². The number of hydrogen-bond donors (Lipinski definition) is 1. The molecule has 4 aromatic heterocycles. The van der Waals surface area contributed by atoms with Crippen LogP contribution < -0.4 is 16.1 Å². The molecule has 0 bridgehead atoms. The standard InChI is InChI=1S/C20H20N8O2/c1-26-18(29)11-17(22-20(26)30)27-9-6-13(7-10-27)19-24-23-16-5-4-15(25-28(16)19)14-3-2-8-21-12-14/h2-5,8,11-13H,6-7,9-10H2,1H3,(H,22,30). The van der Waals surface area contributed by atoms with Crippen LogP contribution in [0.1, 0.15) is 24.6 Å². The largest absolute Gasteiger partial charge is 0.358 e. The van der Waals surface area contributed by atoms with Crippen molar-refractivity contribution in [3.8, 4) is 11.3 Å². The van der Waals surface area contributed by atoms with E-state index < -0.39 is 5.69 Å². The Kier molecular flexibility index (Phi) is 4.38. The second kappa shape index (κ2) is 7.21. The molecule has 1 aliphatic heterocycles. The van der Waals surface area contributed by atoms with Crippen LogP contribution in [0.3, 0.4) is 0 Å². The van der Waals surface area contributed by atoms with Crippen molar-refractivity contribution >= 4 is 11.5 Å². The van der Waals surface area contributed by atoms with Crippen molar-refractivity contribution in [3.63, 3.8) is 0 Å². The highest BCUT2D eigenvalue weighted by molar-refractivity contribution is 5.58. The van der Waals surface area contributed by atoms with Crippen LogP contribution in [0.2, 0.25) is 0 Å². The summed E-state index contributed by atoms with van der Waals surface area (Å²) >= 11 is 0. The van der Waals surface area contributed by atoms with Crippen molar-refractivity contribution in [2.45, 2.75) is 18.8 Å². The first-order valence-corrected chi connectivity index (χ1v) is 9.78. The van der Waals surface area contributed by atoms with E-state index in [2.05, 4.69) is 20.2 Å². The van der Waals surface area contributed by atoms with Gasteiger partial charge in [0.2, 0.25) is 0 Å². The third kappa shape index (κ3) is 3.15. The second-order valence-electron chi connectivity index (χ2n) is 7.41. The molecule has 152 valence electrons. The Morgan fingerprint density at radius 2 is 1.93 bits per heavy atom. The quantitative estimate of drug-likeness (QED) is 0.541. The topological polar surface area (TPSA) is 114 Å². The fourth-order valence-electron chi connectivity index (χ4n) is 3.82. The minimum Gasteiger partial charge on any atom is -0.358 e. The van der Waals surface area contributed by atoms with Gasteiger partial charge in [-0.05, 0) is 37.1 Å². The Bertz CT molecular complexity index is 1280. The Hall–Kier alpha value is -3.82. The zero-order valence-electron chi connectivity index (χ0n) is 16.4. The molecule has 0 amide bonds. The summed E-state index contributed by atoms with van der Waals surface area (Å²) in [6, 6.07) is 9.14. The number of pyridine rings is 1. The fraction of sp³-hybridized carbons (Fsp3) is 0.300. The van der Waals surface area contributed by atoms with E-state index in [1.54, 1.807) is 12.4 Å². The molecular weight excluding hydrogens is 384 g/mol. The van der Waals surface area contributed by atoms with Gasteiger partial charge in [-0.1, -0.05) is 0 Å². The van der Waals surface area contributed by atoms with Crippen LogP contribution in [0.15, 0.2) is 52.3 Å². The second-order valence-corrected chi connectivity index (χ2v) is 7.41. The predicted octanol–water partition coefficient (Wildman–Crippen LogP) is 0.957. The smallest absolute Gasteiger partial charge is 0.329 e. The molecule has 5 heterocycles. The lowest BCUT2D eigenvalue weighted by molar-refractivity contribution is 0.474. The van der Waals surface area contributed by atoms with Crippen LogP contribution in [0.5, 0.6) is 0 Å². The third-order valence-electron chi connectivity index (χ3n) is 5.58. The van der Waals surface area contributed by atoms with Crippen LogP contribution in [0.4, 0.5) is 5.82 Å². The fourth-order valence-corrected chi connectivity index (χ4v) is 3.82. The van der Waals surface area contributed by atoms with E-state index in [1.165, 1.54) is 13.1 Å². The zero-order chi connectivity index (χ0) is 20.7. The molecular formula is C20H20N8O2. The Morgan fingerprint density at radius 1 is 1.10 bits per heavy atom. The van der Waals surface area contributed by atoms with Crippen LogP contribution in [0, 0.1) is 0 Å². The third-order valence-corrected chi connectivity index (χ3v) is 5.58. The summed E-state index contributed by atoms with van der Waals surface area (Å²) in [5.41, 5.74) is 1.73. The van der Waals surface area contributed by atoms with Gasteiger partial charge in [-0.3, -0.25) is 19.3 Å². The highest BCUT2D eigenvalue weighted by atomic mass is 16.2. The van der Waals surface area contributed by atoms with Gasteiger partial charge < -0.3 is 4.90 Å². The summed E-state index contributed by atoms with van der Waals surface area (Å²) in [6.45, 7) is 1.40. The molecule has 10 heteroatoms. The molecule has 1 saturated heterocycles. The van der Waals surface area contributed by atoms with Gasteiger partial charge in [-0.25, -0.2) is 4.79 Å². The minimum atomic E-state index is -0.407. The number of H-pyrrole nitrogens is 1. The molecule has 10 nitrogen and oxygen atoms in total. The summed E-state index contributed by atoms with van der Waals surface area (Å²) in [5.74, 6) is 1.57. The molecule has 0 radical (unpaired) electrons. The first-order valence-electron chi connectivity index (χ1n) is 9.78. The van der Waals surface area contributed by atoms with Gasteiger partial charge in [0.15, 0.2) is 11.5 Å². The molecule has 1 N–H and O–H groups in total. The average Bonchev–Trinajstić information content (AvgIpc) is 3.21. The van der Waals surface area contributed by atoms with Gasteiger partial charge in [0.1, 0.15) is 5.82 Å². The first-order chi connectivity index (χ1) is 14.6. The molecule has 0 aliphatic carbocycles. The molecule has 0 unspecified atom stereocenters. The summed E-state index contributed by atoms with van der Waals surface area (Å²) in [6.07, 6.45) is 5.14. The maximum atomic E-state index is 11.9. The SMILES string of the molecule is Cn1c(=O)cc(N2CCC(c3nnc4ccc(-c5cccnc5)nn34)CC2)[nH]c1=O. The van der Waals surface area contributed by atoms with E-state index in [1.807, 2.05) is 33.7 Å². The van der Waals surface area contributed by atoms with Crippen LogP contribution in [0.25, 0.3) is 16.9 Å². The lowest BCUT2D eigenvalue weighted by Crippen LogP contribution is -2.39. The van der Waals surface area contributed by atoms with Crippen molar-refractivity contribution < 1.29 is 0 Å². The van der Waals surface area contributed by atoms with Crippen molar-refractivity contribution in [3.05, 3.63) is 69.4 Å². The van der Waals surface area contributed by atoms with Gasteiger partial charge >= 0.3 is 5.69 Å². The molecule has 0 saturated carbocycles. The van der Waals surface area contributed by atoms with E-state index in [9.17, 15) is 9.59 Å². The van der Waals surface area contributed by atoms with Crippen LogP contribution >= 0.6 is 0 Å². The Labute approximate surface area is 170 Å². The minimum absolute atomic E-state index is 0.186. The molecule has 0 spiro atoms. The van der Waals surface area contributed by atoms with E-state index in [0.717, 1.165) is 34.5 Å². The number of hydrogen-bond acceptors (Lipinski definition) is 7. The molecule has 0 atom stereocenters.